The van der Waals surface area contributed by atoms with E-state index in [9.17, 15) is 17.6 Å². The maximum absolute atomic E-state index is 12.7. The first-order valence-corrected chi connectivity index (χ1v) is 3.80. The van der Waals surface area contributed by atoms with E-state index in [0.717, 1.165) is 12.1 Å². The van der Waals surface area contributed by atoms with Crippen molar-refractivity contribution in [3.63, 3.8) is 0 Å². The molecule has 0 aliphatic rings. The number of hydrogen-bond acceptors (Lipinski definition) is 1. The fourth-order valence-corrected chi connectivity index (χ4v) is 1.06. The van der Waals surface area contributed by atoms with Gasteiger partial charge in [0.1, 0.15) is 12.4 Å². The Bertz CT molecular complexity index is 319. The van der Waals surface area contributed by atoms with E-state index in [1.54, 1.807) is 0 Å². The van der Waals surface area contributed by atoms with E-state index in [2.05, 4.69) is 12.4 Å². The predicted molar refractivity (Wildman–Crippen MR) is 41.4 cm³/mol. The smallest absolute Gasteiger partial charge is 0.331 e. The van der Waals surface area contributed by atoms with E-state index in [1.165, 1.54) is 0 Å². The summed E-state index contributed by atoms with van der Waals surface area (Å²) < 4.78 is 49.3. The van der Waals surface area contributed by atoms with Crippen LogP contribution in [0.25, 0.3) is 0 Å². The van der Waals surface area contributed by atoms with Crippen LogP contribution in [-0.2, 0) is 12.7 Å². The minimum absolute atomic E-state index is 0.0981. The molecule has 1 aromatic rings. The molecule has 1 nitrogen and oxygen atoms in total. The Morgan fingerprint density at radius 2 is 1.86 bits per heavy atom. The molecule has 0 aliphatic heterocycles. The molecule has 0 saturated carbocycles. The van der Waals surface area contributed by atoms with Crippen LogP contribution in [0.4, 0.5) is 17.6 Å². The van der Waals surface area contributed by atoms with Crippen molar-refractivity contribution in [3.05, 3.63) is 42.2 Å². The Kier molecular flexibility index (Phi) is 3.10. The van der Waals surface area contributed by atoms with Gasteiger partial charge in [-0.3, -0.25) is 0 Å². The number of alkyl halides is 3. The minimum atomic E-state index is -4.52. The molecule has 0 fully saturated rings. The van der Waals surface area contributed by atoms with Crippen LogP contribution in [0, 0.1) is 12.9 Å². The molecule has 1 radical (unpaired) electrons. The van der Waals surface area contributed by atoms with Crippen LogP contribution in [0.3, 0.4) is 0 Å². The van der Waals surface area contributed by atoms with Crippen molar-refractivity contribution < 1.29 is 22.9 Å². The van der Waals surface area contributed by atoms with Crippen molar-refractivity contribution in [1.82, 2.24) is 0 Å². The SMILES string of the molecule is [CH2-][NH+]Cc1cc(F)cc(C(F)(F)F)c1. The first kappa shape index (κ1) is 11.0. The van der Waals surface area contributed by atoms with Crippen molar-refractivity contribution in [3.8, 4) is 0 Å². The fourth-order valence-electron chi connectivity index (χ4n) is 1.06. The molecule has 1 aromatic carbocycles. The summed E-state index contributed by atoms with van der Waals surface area (Å²) >= 11 is 0. The van der Waals surface area contributed by atoms with Crippen molar-refractivity contribution in [2.75, 3.05) is 0 Å². The molecular weight excluding hydrogens is 198 g/mol. The highest BCUT2D eigenvalue weighted by Crippen LogP contribution is 2.30. The van der Waals surface area contributed by atoms with Crippen molar-refractivity contribution in [2.45, 2.75) is 12.7 Å². The average molecular weight is 206 g/mol. The minimum Gasteiger partial charge on any atom is -0.331 e. The lowest BCUT2D eigenvalue weighted by Gasteiger charge is -2.08. The molecule has 0 atom stereocenters. The van der Waals surface area contributed by atoms with E-state index in [4.69, 9.17) is 0 Å². The van der Waals surface area contributed by atoms with Gasteiger partial charge in [0, 0.05) is 5.56 Å². The van der Waals surface area contributed by atoms with Gasteiger partial charge in [0.25, 0.3) is 0 Å². The van der Waals surface area contributed by atoms with Crippen LogP contribution in [0.1, 0.15) is 11.1 Å². The molecule has 0 spiro atoms. The summed E-state index contributed by atoms with van der Waals surface area (Å²) in [5, 5.41) is 2.41. The highest BCUT2D eigenvalue weighted by atomic mass is 19.4. The Morgan fingerprint density at radius 1 is 1.21 bits per heavy atom. The molecule has 0 unspecified atom stereocenters. The topological polar surface area (TPSA) is 15.6 Å². The molecule has 0 aromatic heterocycles. The van der Waals surface area contributed by atoms with Gasteiger partial charge in [0.2, 0.25) is 0 Å². The van der Waals surface area contributed by atoms with E-state index in [-0.39, 0.29) is 12.1 Å². The summed E-state index contributed by atoms with van der Waals surface area (Å²) in [6.45, 7) is 0.0981. The van der Waals surface area contributed by atoms with E-state index in [0.29, 0.717) is 6.07 Å². The zero-order valence-electron chi connectivity index (χ0n) is 7.16. The highest BCUT2D eigenvalue weighted by Gasteiger charge is 2.31. The predicted octanol–water partition coefficient (Wildman–Crippen LogP) is 1.49. The van der Waals surface area contributed by atoms with Crippen LogP contribution < -0.4 is 5.32 Å². The van der Waals surface area contributed by atoms with Crippen LogP contribution in [-0.4, -0.2) is 0 Å². The van der Waals surface area contributed by atoms with Crippen molar-refractivity contribution >= 4 is 0 Å². The molecule has 1 rings (SSSR count). The molecule has 0 saturated heterocycles. The van der Waals surface area contributed by atoms with E-state index >= 15 is 0 Å². The molecule has 14 heavy (non-hydrogen) atoms. The molecule has 77 valence electrons. The van der Waals surface area contributed by atoms with Crippen LogP contribution in [0.15, 0.2) is 18.2 Å². The maximum Gasteiger partial charge on any atom is 0.416 e. The molecule has 0 heterocycles. The third kappa shape index (κ3) is 2.70. The summed E-state index contributed by atoms with van der Waals surface area (Å²) in [6, 6.07) is 2.39. The number of benzene rings is 1. The van der Waals surface area contributed by atoms with Gasteiger partial charge >= 0.3 is 6.18 Å². The van der Waals surface area contributed by atoms with Gasteiger partial charge in [-0.2, -0.15) is 13.2 Å². The number of halogens is 4. The monoisotopic (exact) mass is 206 g/mol. The second-order valence-electron chi connectivity index (χ2n) is 2.77. The van der Waals surface area contributed by atoms with Gasteiger partial charge in [0.05, 0.1) is 5.56 Å². The van der Waals surface area contributed by atoms with Crippen LogP contribution in [0.2, 0.25) is 0 Å². The molecule has 0 aliphatic carbocycles. The van der Waals surface area contributed by atoms with Gasteiger partial charge in [0.15, 0.2) is 0 Å². The van der Waals surface area contributed by atoms with Gasteiger partial charge < -0.3 is 5.32 Å². The Hall–Kier alpha value is -1.10. The van der Waals surface area contributed by atoms with Gasteiger partial charge in [-0.15, -0.1) is 7.05 Å². The van der Waals surface area contributed by atoms with E-state index in [1.807, 2.05) is 0 Å². The molecule has 1 N–H and O–H groups in total. The number of hydrogen-bond donors (Lipinski definition) is 1. The summed E-state index contributed by atoms with van der Waals surface area (Å²) in [7, 11) is 3.25. The quantitative estimate of drug-likeness (QED) is 0.557. The third-order valence-electron chi connectivity index (χ3n) is 1.61. The van der Waals surface area contributed by atoms with E-state index < -0.39 is 17.6 Å². The Balaban J connectivity index is 3.07. The second kappa shape index (κ2) is 3.96. The summed E-state index contributed by atoms with van der Waals surface area (Å²) in [5.41, 5.74) is -0.768. The van der Waals surface area contributed by atoms with Gasteiger partial charge in [-0.1, -0.05) is 0 Å². The Morgan fingerprint density at radius 3 is 2.36 bits per heavy atom. The average Bonchev–Trinajstić information content (AvgIpc) is 2.02. The van der Waals surface area contributed by atoms with Crippen molar-refractivity contribution in [1.29, 1.82) is 0 Å². The number of rotatable bonds is 2. The lowest BCUT2D eigenvalue weighted by Crippen LogP contribution is -2.74. The summed E-state index contributed by atoms with van der Waals surface area (Å²) in [5.74, 6) is -0.898. The lowest BCUT2D eigenvalue weighted by molar-refractivity contribution is -0.612. The van der Waals surface area contributed by atoms with Crippen molar-refractivity contribution in [2.24, 2.45) is 0 Å². The molecule has 0 amide bonds. The van der Waals surface area contributed by atoms with Gasteiger partial charge in [-0.05, 0) is 18.2 Å². The molecule has 5 heteroatoms. The zero-order valence-corrected chi connectivity index (χ0v) is 7.16. The summed E-state index contributed by atoms with van der Waals surface area (Å²) in [6.07, 6.45) is -4.52. The standard InChI is InChI=1S/C9H8F4N/c1-14-5-6-2-7(9(11,12)13)4-8(10)3-6/h2-4,14H,1,5H2. The lowest BCUT2D eigenvalue weighted by atomic mass is 10.1. The largest absolute Gasteiger partial charge is 0.416 e. The maximum atomic E-state index is 12.7. The highest BCUT2D eigenvalue weighted by molar-refractivity contribution is 5.26. The zero-order chi connectivity index (χ0) is 10.8. The summed E-state index contributed by atoms with van der Waals surface area (Å²) in [4.78, 5) is 0. The van der Waals surface area contributed by atoms with Gasteiger partial charge in [-0.25, -0.2) is 4.39 Å². The normalized spacial score (nSPS) is 11.8. The Labute approximate surface area is 78.7 Å². The third-order valence-corrected chi connectivity index (χ3v) is 1.61. The number of nitrogens with one attached hydrogen (secondary N) is 1. The molecular formula is C9H8F4N. The van der Waals surface area contributed by atoms with Crippen LogP contribution in [0.5, 0.6) is 0 Å². The molecule has 0 bridgehead atoms. The first-order chi connectivity index (χ1) is 6.43. The fraction of sp³-hybridized carbons (Fsp3) is 0.222. The second-order valence-corrected chi connectivity index (χ2v) is 2.77. The van der Waals surface area contributed by atoms with Crippen LogP contribution >= 0.6 is 0 Å². The first-order valence-electron chi connectivity index (χ1n) is 3.80.